The first-order valence-corrected chi connectivity index (χ1v) is 7.25. The molecule has 3 heteroatoms. The van der Waals surface area contributed by atoms with Crippen LogP contribution in [0.4, 0.5) is 10.1 Å². The van der Waals surface area contributed by atoms with Gasteiger partial charge in [-0.1, -0.05) is 31.2 Å². The van der Waals surface area contributed by atoms with E-state index in [1.165, 1.54) is 24.3 Å². The maximum atomic E-state index is 14.2. The number of halogens is 1. The molecule has 0 aliphatic carbocycles. The Hall–Kier alpha value is -2.03. The van der Waals surface area contributed by atoms with Crippen LogP contribution in [-0.2, 0) is 6.42 Å². The molecule has 112 valence electrons. The smallest absolute Gasteiger partial charge is 0.132 e. The van der Waals surface area contributed by atoms with Crippen molar-refractivity contribution in [2.24, 2.45) is 0 Å². The Morgan fingerprint density at radius 1 is 1.24 bits per heavy atom. The number of hydrogen-bond donors (Lipinski definition) is 1. The lowest BCUT2D eigenvalue weighted by Crippen LogP contribution is -2.11. The van der Waals surface area contributed by atoms with E-state index in [1.807, 2.05) is 6.92 Å². The highest BCUT2D eigenvalue weighted by molar-refractivity contribution is 5.58. The molecule has 0 heterocycles. The average Bonchev–Trinajstić information content (AvgIpc) is 2.48. The number of anilines is 1. The topological polar surface area (TPSA) is 21.3 Å². The second-order valence-corrected chi connectivity index (χ2v) is 5.22. The first-order valence-electron chi connectivity index (χ1n) is 7.25. The van der Waals surface area contributed by atoms with Gasteiger partial charge in [0.05, 0.1) is 13.2 Å². The van der Waals surface area contributed by atoms with Gasteiger partial charge in [0.25, 0.3) is 0 Å². The minimum Gasteiger partial charge on any atom is -0.497 e. The Bertz CT molecular complexity index is 625. The Labute approximate surface area is 126 Å². The Balaban J connectivity index is 2.28. The maximum absolute atomic E-state index is 14.2. The molecule has 0 amide bonds. The molecule has 1 N–H and O–H groups in total. The van der Waals surface area contributed by atoms with Crippen molar-refractivity contribution in [1.82, 2.24) is 0 Å². The van der Waals surface area contributed by atoms with Crippen molar-refractivity contribution in [1.29, 1.82) is 0 Å². The van der Waals surface area contributed by atoms with Gasteiger partial charge in [-0.2, -0.15) is 0 Å². The molecule has 0 aromatic heterocycles. The largest absolute Gasteiger partial charge is 0.497 e. The molecule has 0 saturated carbocycles. The zero-order chi connectivity index (χ0) is 15.4. The molecular formula is C18H22FNO. The van der Waals surface area contributed by atoms with Crippen molar-refractivity contribution >= 4 is 5.69 Å². The zero-order valence-corrected chi connectivity index (χ0v) is 13.0. The predicted octanol–water partition coefficient (Wildman–Crippen LogP) is 4.88. The van der Waals surface area contributed by atoms with Gasteiger partial charge in [0.1, 0.15) is 11.6 Å². The van der Waals surface area contributed by atoms with Crippen molar-refractivity contribution in [3.05, 3.63) is 58.9 Å². The summed E-state index contributed by atoms with van der Waals surface area (Å²) >= 11 is 0. The summed E-state index contributed by atoms with van der Waals surface area (Å²) in [5.41, 5.74) is 4.16. The summed E-state index contributed by atoms with van der Waals surface area (Å²) in [4.78, 5) is 0. The molecule has 1 unspecified atom stereocenters. The van der Waals surface area contributed by atoms with Crippen LogP contribution in [0.3, 0.4) is 0 Å². The van der Waals surface area contributed by atoms with Crippen LogP contribution in [0.25, 0.3) is 0 Å². The summed E-state index contributed by atoms with van der Waals surface area (Å²) in [6.45, 7) is 6.16. The van der Waals surface area contributed by atoms with E-state index in [-0.39, 0.29) is 11.9 Å². The summed E-state index contributed by atoms with van der Waals surface area (Å²) in [7, 11) is 1.54. The number of hydrogen-bond acceptors (Lipinski definition) is 2. The normalized spacial score (nSPS) is 12.0. The van der Waals surface area contributed by atoms with E-state index in [0.29, 0.717) is 11.3 Å². The highest BCUT2D eigenvalue weighted by Gasteiger charge is 2.14. The summed E-state index contributed by atoms with van der Waals surface area (Å²) in [5, 5.41) is 3.44. The van der Waals surface area contributed by atoms with Crippen molar-refractivity contribution in [2.45, 2.75) is 33.2 Å². The van der Waals surface area contributed by atoms with E-state index in [9.17, 15) is 4.39 Å². The van der Waals surface area contributed by atoms with Gasteiger partial charge in [0.2, 0.25) is 0 Å². The van der Waals surface area contributed by atoms with Crippen LogP contribution in [0.5, 0.6) is 5.75 Å². The van der Waals surface area contributed by atoms with E-state index < -0.39 is 0 Å². The van der Waals surface area contributed by atoms with Gasteiger partial charge in [-0.25, -0.2) is 4.39 Å². The molecule has 0 radical (unpaired) electrons. The molecule has 2 nitrogen and oxygen atoms in total. The number of benzene rings is 2. The molecule has 0 fully saturated rings. The number of ether oxygens (including phenoxy) is 1. The molecule has 2 aromatic carbocycles. The Kier molecular flexibility index (Phi) is 4.84. The monoisotopic (exact) mass is 287 g/mol. The molecule has 2 aromatic rings. The van der Waals surface area contributed by atoms with Crippen molar-refractivity contribution in [3.63, 3.8) is 0 Å². The van der Waals surface area contributed by atoms with E-state index in [0.717, 1.165) is 12.1 Å². The van der Waals surface area contributed by atoms with Gasteiger partial charge in [-0.3, -0.25) is 0 Å². The molecule has 21 heavy (non-hydrogen) atoms. The molecule has 0 aliphatic heterocycles. The highest BCUT2D eigenvalue weighted by Crippen LogP contribution is 2.28. The molecule has 2 rings (SSSR count). The fraction of sp³-hybridized carbons (Fsp3) is 0.333. The van der Waals surface area contributed by atoms with Crippen LogP contribution in [0.1, 0.15) is 36.6 Å². The zero-order valence-electron chi connectivity index (χ0n) is 13.0. The minimum atomic E-state index is -0.249. The standard InChI is InChI=1S/C18H22FNO/c1-5-14-8-6-7-12(2)18(14)20-13(3)16-10-9-15(21-4)11-17(16)19/h6-11,13,20H,5H2,1-4H3. The number of nitrogens with one attached hydrogen (secondary N) is 1. The summed E-state index contributed by atoms with van der Waals surface area (Å²) < 4.78 is 19.2. The van der Waals surface area contributed by atoms with E-state index >= 15 is 0 Å². The van der Waals surface area contributed by atoms with Crippen LogP contribution >= 0.6 is 0 Å². The molecule has 0 saturated heterocycles. The summed E-state index contributed by atoms with van der Waals surface area (Å²) in [6.07, 6.45) is 0.946. The van der Waals surface area contributed by atoms with Crippen molar-refractivity contribution in [3.8, 4) is 5.75 Å². The van der Waals surface area contributed by atoms with Gasteiger partial charge in [-0.15, -0.1) is 0 Å². The minimum absolute atomic E-state index is 0.109. The van der Waals surface area contributed by atoms with Gasteiger partial charge in [0.15, 0.2) is 0 Å². The van der Waals surface area contributed by atoms with Gasteiger partial charge in [0, 0.05) is 17.3 Å². The second kappa shape index (κ2) is 6.61. The molecule has 1 atom stereocenters. The highest BCUT2D eigenvalue weighted by atomic mass is 19.1. The molecule has 0 spiro atoms. The van der Waals surface area contributed by atoms with Gasteiger partial charge < -0.3 is 10.1 Å². The van der Waals surface area contributed by atoms with Crippen molar-refractivity contribution in [2.75, 3.05) is 12.4 Å². The Morgan fingerprint density at radius 3 is 2.62 bits per heavy atom. The fourth-order valence-electron chi connectivity index (χ4n) is 2.51. The van der Waals surface area contributed by atoms with Gasteiger partial charge >= 0.3 is 0 Å². The SMILES string of the molecule is CCc1cccc(C)c1NC(C)c1ccc(OC)cc1F. The third-order valence-corrected chi connectivity index (χ3v) is 3.77. The van der Waals surface area contributed by atoms with Gasteiger partial charge in [-0.05, 0) is 37.5 Å². The first kappa shape index (κ1) is 15.4. The lowest BCUT2D eigenvalue weighted by molar-refractivity contribution is 0.410. The number of methoxy groups -OCH3 is 1. The lowest BCUT2D eigenvalue weighted by atomic mass is 10.0. The predicted molar refractivity (Wildman–Crippen MR) is 85.5 cm³/mol. The van der Waals surface area contributed by atoms with Crippen LogP contribution in [0.15, 0.2) is 36.4 Å². The fourth-order valence-corrected chi connectivity index (χ4v) is 2.51. The average molecular weight is 287 g/mol. The molecule has 0 bridgehead atoms. The summed E-state index contributed by atoms with van der Waals surface area (Å²) in [6, 6.07) is 11.1. The Morgan fingerprint density at radius 2 is 2.00 bits per heavy atom. The number of para-hydroxylation sites is 1. The number of aryl methyl sites for hydroxylation is 2. The lowest BCUT2D eigenvalue weighted by Gasteiger charge is -2.21. The third kappa shape index (κ3) is 3.35. The van der Waals surface area contributed by atoms with Crippen LogP contribution in [-0.4, -0.2) is 7.11 Å². The molecular weight excluding hydrogens is 265 g/mol. The molecule has 0 aliphatic rings. The number of rotatable bonds is 5. The van der Waals surface area contributed by atoms with Crippen molar-refractivity contribution < 1.29 is 9.13 Å². The third-order valence-electron chi connectivity index (χ3n) is 3.77. The van der Waals surface area contributed by atoms with E-state index in [4.69, 9.17) is 4.74 Å². The first-order chi connectivity index (χ1) is 10.1. The van der Waals surface area contributed by atoms with E-state index in [1.54, 1.807) is 12.1 Å². The summed E-state index contributed by atoms with van der Waals surface area (Å²) in [5.74, 6) is 0.287. The van der Waals surface area contributed by atoms with Crippen LogP contribution < -0.4 is 10.1 Å². The second-order valence-electron chi connectivity index (χ2n) is 5.22. The maximum Gasteiger partial charge on any atom is 0.132 e. The van der Waals surface area contributed by atoms with Crippen LogP contribution in [0.2, 0.25) is 0 Å². The van der Waals surface area contributed by atoms with E-state index in [2.05, 4.69) is 37.4 Å². The van der Waals surface area contributed by atoms with Crippen LogP contribution in [0, 0.1) is 12.7 Å². The quantitative estimate of drug-likeness (QED) is 0.846.